The predicted octanol–water partition coefficient (Wildman–Crippen LogP) is 3.63. The molecule has 1 aliphatic carbocycles. The Kier molecular flexibility index (Phi) is 8.04. The standard InChI is InChI=1S/C33H42N6O4S/c1-5-9-33(10-11-33)44(42,43)39-12-8-26-27(31(40)35-21-28-22(2)17-23(3)36-32(28)41)18-25(19-29(26)39)24-6-7-30(34-20-24)38-15-13-37(4)14-16-38/h5-8,12,18-20,22-23,28H,1,9-11,13-17,21H2,2-4H3,(H,35,40)(H,36,41). The molecule has 2 N–H and O–H groups in total. The van der Waals surface area contributed by atoms with Crippen LogP contribution in [0.4, 0.5) is 5.82 Å². The van der Waals surface area contributed by atoms with E-state index in [1.54, 1.807) is 30.6 Å². The maximum absolute atomic E-state index is 13.9. The van der Waals surface area contributed by atoms with E-state index in [-0.39, 0.29) is 36.2 Å². The second-order valence-electron chi connectivity index (χ2n) is 12.9. The normalized spacial score (nSPS) is 23.8. The van der Waals surface area contributed by atoms with Gasteiger partial charge in [0.1, 0.15) is 5.82 Å². The smallest absolute Gasteiger partial charge is 0.252 e. The van der Waals surface area contributed by atoms with Gasteiger partial charge in [0.05, 0.1) is 16.2 Å². The van der Waals surface area contributed by atoms with Crippen molar-refractivity contribution in [3.05, 3.63) is 60.9 Å². The molecule has 234 valence electrons. The molecule has 3 atom stereocenters. The van der Waals surface area contributed by atoms with E-state index in [9.17, 15) is 18.0 Å². The van der Waals surface area contributed by atoms with Gasteiger partial charge in [0.15, 0.2) is 0 Å². The summed E-state index contributed by atoms with van der Waals surface area (Å²) in [4.78, 5) is 35.7. The van der Waals surface area contributed by atoms with Crippen LogP contribution in [0.5, 0.6) is 0 Å². The lowest BCUT2D eigenvalue weighted by Crippen LogP contribution is -2.50. The minimum Gasteiger partial charge on any atom is -0.354 e. The van der Waals surface area contributed by atoms with Crippen LogP contribution in [-0.2, 0) is 14.8 Å². The van der Waals surface area contributed by atoms with Crippen LogP contribution in [0, 0.1) is 11.8 Å². The fourth-order valence-electron chi connectivity index (χ4n) is 6.72. The molecule has 3 aromatic rings. The van der Waals surface area contributed by atoms with Gasteiger partial charge >= 0.3 is 0 Å². The number of nitrogens with zero attached hydrogens (tertiary/aromatic N) is 4. The van der Waals surface area contributed by atoms with Crippen molar-refractivity contribution in [3.63, 3.8) is 0 Å². The van der Waals surface area contributed by atoms with Crippen molar-refractivity contribution in [2.75, 3.05) is 44.7 Å². The minimum absolute atomic E-state index is 0.0591. The van der Waals surface area contributed by atoms with Gasteiger partial charge in [0, 0.05) is 67.7 Å². The maximum atomic E-state index is 13.9. The van der Waals surface area contributed by atoms with E-state index < -0.39 is 14.8 Å². The van der Waals surface area contributed by atoms with Crippen LogP contribution in [0.25, 0.3) is 22.0 Å². The molecule has 1 aromatic carbocycles. The number of hydrogen-bond acceptors (Lipinski definition) is 7. The molecule has 2 saturated heterocycles. The Morgan fingerprint density at radius 1 is 1.14 bits per heavy atom. The van der Waals surface area contributed by atoms with Crippen LogP contribution < -0.4 is 15.5 Å². The fraction of sp³-hybridized carbons (Fsp3) is 0.485. The summed E-state index contributed by atoms with van der Waals surface area (Å²) in [6, 6.07) is 9.38. The first-order valence-corrected chi connectivity index (χ1v) is 17.0. The monoisotopic (exact) mass is 618 g/mol. The average molecular weight is 619 g/mol. The first kappa shape index (κ1) is 30.3. The summed E-state index contributed by atoms with van der Waals surface area (Å²) in [6.07, 6.45) is 7.37. The summed E-state index contributed by atoms with van der Waals surface area (Å²) < 4.78 is 28.3. The third kappa shape index (κ3) is 5.51. The first-order chi connectivity index (χ1) is 21.0. The first-order valence-electron chi connectivity index (χ1n) is 15.5. The molecule has 0 radical (unpaired) electrons. The number of hydrogen-bond donors (Lipinski definition) is 2. The van der Waals surface area contributed by atoms with Gasteiger partial charge in [-0.3, -0.25) is 9.59 Å². The second kappa shape index (κ2) is 11.7. The van der Waals surface area contributed by atoms with Gasteiger partial charge in [-0.2, -0.15) is 0 Å². The molecular weight excluding hydrogens is 576 g/mol. The number of carbonyl (C=O) groups is 2. The lowest BCUT2D eigenvalue weighted by atomic mass is 9.84. The van der Waals surface area contributed by atoms with Gasteiger partial charge in [-0.25, -0.2) is 17.4 Å². The molecule has 1 saturated carbocycles. The van der Waals surface area contributed by atoms with E-state index in [2.05, 4.69) is 34.1 Å². The Morgan fingerprint density at radius 3 is 2.52 bits per heavy atom. The van der Waals surface area contributed by atoms with E-state index in [1.807, 2.05) is 32.0 Å². The summed E-state index contributed by atoms with van der Waals surface area (Å²) in [5, 5.41) is 6.51. The summed E-state index contributed by atoms with van der Waals surface area (Å²) in [5.41, 5.74) is 2.29. The van der Waals surface area contributed by atoms with Gasteiger partial charge in [-0.15, -0.1) is 6.58 Å². The highest BCUT2D eigenvalue weighted by Crippen LogP contribution is 2.48. The van der Waals surface area contributed by atoms with Crippen molar-refractivity contribution in [1.29, 1.82) is 0 Å². The van der Waals surface area contributed by atoms with E-state index in [0.29, 0.717) is 41.3 Å². The van der Waals surface area contributed by atoms with Crippen LogP contribution in [0.1, 0.15) is 49.9 Å². The van der Waals surface area contributed by atoms with E-state index in [4.69, 9.17) is 4.98 Å². The van der Waals surface area contributed by atoms with Gasteiger partial charge in [-0.1, -0.05) is 13.0 Å². The highest BCUT2D eigenvalue weighted by atomic mass is 32.2. The summed E-state index contributed by atoms with van der Waals surface area (Å²) in [5.74, 6) is 0.275. The van der Waals surface area contributed by atoms with Crippen LogP contribution >= 0.6 is 0 Å². The van der Waals surface area contributed by atoms with Crippen LogP contribution in [-0.4, -0.2) is 84.6 Å². The van der Waals surface area contributed by atoms with Gasteiger partial charge in [0.25, 0.3) is 5.91 Å². The number of fused-ring (bicyclic) bond motifs is 1. The summed E-state index contributed by atoms with van der Waals surface area (Å²) >= 11 is 0. The molecule has 3 aliphatic rings. The zero-order valence-corrected chi connectivity index (χ0v) is 26.6. The highest BCUT2D eigenvalue weighted by Gasteiger charge is 2.54. The van der Waals surface area contributed by atoms with Crippen LogP contribution in [0.15, 0.2) is 55.4 Å². The van der Waals surface area contributed by atoms with E-state index in [1.165, 1.54) is 3.97 Å². The summed E-state index contributed by atoms with van der Waals surface area (Å²) in [6.45, 7) is 11.7. The molecule has 2 aromatic heterocycles. The quantitative estimate of drug-likeness (QED) is 0.352. The number of aromatic nitrogens is 2. The molecular formula is C33H42N6O4S. The summed E-state index contributed by atoms with van der Waals surface area (Å²) in [7, 11) is -1.64. The molecule has 2 amide bonds. The van der Waals surface area contributed by atoms with Gasteiger partial charge in [0.2, 0.25) is 15.9 Å². The highest BCUT2D eigenvalue weighted by molar-refractivity contribution is 7.91. The van der Waals surface area contributed by atoms with Crippen LogP contribution in [0.3, 0.4) is 0 Å². The Balaban J connectivity index is 1.36. The van der Waals surface area contributed by atoms with Crippen molar-refractivity contribution in [3.8, 4) is 11.1 Å². The van der Waals surface area contributed by atoms with Crippen molar-refractivity contribution in [1.82, 2.24) is 24.5 Å². The predicted molar refractivity (Wildman–Crippen MR) is 173 cm³/mol. The molecule has 4 heterocycles. The average Bonchev–Trinajstić information content (AvgIpc) is 3.66. The maximum Gasteiger partial charge on any atom is 0.252 e. The second-order valence-corrected chi connectivity index (χ2v) is 15.1. The number of carbonyl (C=O) groups excluding carboxylic acids is 2. The fourth-order valence-corrected chi connectivity index (χ4v) is 8.72. The molecule has 6 rings (SSSR count). The molecule has 10 nitrogen and oxygen atoms in total. The van der Waals surface area contributed by atoms with Crippen molar-refractivity contribution in [2.45, 2.75) is 50.3 Å². The van der Waals surface area contributed by atoms with Gasteiger partial charge in [-0.05, 0) is 81.5 Å². The molecule has 2 aliphatic heterocycles. The molecule has 44 heavy (non-hydrogen) atoms. The molecule has 0 spiro atoms. The third-order valence-corrected chi connectivity index (χ3v) is 12.2. The van der Waals surface area contributed by atoms with Gasteiger partial charge < -0.3 is 20.4 Å². The SMILES string of the molecule is C=CCC1(S(=O)(=O)n2ccc3c(C(=O)NCC4C(=O)NC(C)CC4C)cc(-c4ccc(N5CCN(C)CC5)nc4)cc32)CC1. The molecule has 3 unspecified atom stereocenters. The molecule has 3 fully saturated rings. The Morgan fingerprint density at radius 2 is 1.89 bits per heavy atom. The van der Waals surface area contributed by atoms with Crippen molar-refractivity contribution < 1.29 is 18.0 Å². The van der Waals surface area contributed by atoms with Crippen molar-refractivity contribution in [2.24, 2.45) is 11.8 Å². The third-order valence-electron chi connectivity index (χ3n) is 9.68. The largest absolute Gasteiger partial charge is 0.354 e. The lowest BCUT2D eigenvalue weighted by molar-refractivity contribution is -0.129. The zero-order chi connectivity index (χ0) is 31.2. The number of likely N-dealkylation sites (N-methyl/N-ethyl adjacent to an activating group) is 1. The Bertz CT molecular complexity index is 1690. The molecule has 11 heteroatoms. The Labute approximate surface area is 259 Å². The van der Waals surface area contributed by atoms with Crippen LogP contribution in [0.2, 0.25) is 0 Å². The number of amides is 2. The minimum atomic E-state index is -3.75. The van der Waals surface area contributed by atoms with E-state index in [0.717, 1.165) is 44.0 Å². The van der Waals surface area contributed by atoms with Crippen molar-refractivity contribution >= 4 is 38.6 Å². The Hall–Kier alpha value is -3.70. The lowest BCUT2D eigenvalue weighted by Gasteiger charge is -2.33. The number of anilines is 1. The number of piperidine rings is 1. The number of nitrogens with one attached hydrogen (secondary N) is 2. The number of allylic oxidation sites excluding steroid dienone is 1. The van der Waals surface area contributed by atoms with E-state index >= 15 is 0 Å². The molecule has 0 bridgehead atoms. The topological polar surface area (TPSA) is 117 Å². The number of piperazine rings is 1. The number of benzene rings is 1. The number of pyridine rings is 1. The number of rotatable bonds is 9. The zero-order valence-electron chi connectivity index (χ0n) is 25.8.